The molecule has 1 fully saturated rings. The Balaban J connectivity index is 1.55. The zero-order valence-corrected chi connectivity index (χ0v) is 18.7. The smallest absolute Gasteiger partial charge is 0.214 e. The van der Waals surface area contributed by atoms with Crippen LogP contribution in [0.4, 0.5) is 5.82 Å². The molecule has 7 nitrogen and oxygen atoms in total. The van der Waals surface area contributed by atoms with E-state index in [1.807, 2.05) is 24.4 Å². The molecule has 7 heteroatoms. The van der Waals surface area contributed by atoms with Gasteiger partial charge >= 0.3 is 0 Å². The van der Waals surface area contributed by atoms with Gasteiger partial charge in [0.15, 0.2) is 0 Å². The standard InChI is InChI=1S/C25H28N6O/c1-17-15-19(20(7-9-26)18(2)27)16-21-22(8-10-28-25(17)21)30-11-13-31(14-12-30)23-5-4-6-24(29-23)32-3/h4-8,10,15-17,25,27H,11-14H2,1-3H3/b20-7+,27-18?. The molecule has 2 atom stereocenters. The molecule has 1 aromatic heterocycles. The maximum atomic E-state index is 9.19. The molecule has 1 aromatic rings. The van der Waals surface area contributed by atoms with E-state index in [2.05, 4.69) is 46.0 Å². The van der Waals surface area contributed by atoms with Crippen molar-refractivity contribution in [1.29, 1.82) is 10.7 Å². The van der Waals surface area contributed by atoms with Crippen LogP contribution in [0.5, 0.6) is 5.88 Å². The molecule has 0 saturated carbocycles. The van der Waals surface area contributed by atoms with Crippen LogP contribution in [0.3, 0.4) is 0 Å². The van der Waals surface area contributed by atoms with Gasteiger partial charge in [0.1, 0.15) is 5.82 Å². The van der Waals surface area contributed by atoms with Crippen LogP contribution in [0.25, 0.3) is 0 Å². The first kappa shape index (κ1) is 21.6. The van der Waals surface area contributed by atoms with Gasteiger partial charge in [-0.1, -0.05) is 19.1 Å². The minimum atomic E-state index is 0.0613. The van der Waals surface area contributed by atoms with Crippen LogP contribution in [0.2, 0.25) is 0 Å². The number of nitriles is 1. The van der Waals surface area contributed by atoms with Crippen LogP contribution < -0.4 is 9.64 Å². The number of aromatic nitrogens is 1. The molecule has 164 valence electrons. The maximum Gasteiger partial charge on any atom is 0.214 e. The third kappa shape index (κ3) is 4.22. The number of nitrogens with one attached hydrogen (secondary N) is 1. The van der Waals surface area contributed by atoms with Gasteiger partial charge < -0.3 is 19.9 Å². The fraction of sp³-hybridized carbons (Fsp3) is 0.360. The quantitative estimate of drug-likeness (QED) is 0.572. The fourth-order valence-electron chi connectivity index (χ4n) is 4.50. The van der Waals surface area contributed by atoms with Crippen molar-refractivity contribution in [3.8, 4) is 11.9 Å². The van der Waals surface area contributed by atoms with Crippen LogP contribution in [-0.4, -0.2) is 61.1 Å². The Labute approximate surface area is 189 Å². The molecule has 0 spiro atoms. The van der Waals surface area contributed by atoms with Crippen molar-refractivity contribution < 1.29 is 4.74 Å². The van der Waals surface area contributed by atoms with Crippen LogP contribution >= 0.6 is 0 Å². The van der Waals surface area contributed by atoms with Gasteiger partial charge in [-0.2, -0.15) is 10.2 Å². The van der Waals surface area contributed by atoms with E-state index in [4.69, 9.17) is 15.1 Å². The number of piperazine rings is 1. The average molecular weight is 429 g/mol. The molecule has 2 unspecified atom stereocenters. The van der Waals surface area contributed by atoms with Gasteiger partial charge in [-0.05, 0) is 30.7 Å². The molecule has 2 aliphatic heterocycles. The highest BCUT2D eigenvalue weighted by molar-refractivity contribution is 6.01. The Bertz CT molecular complexity index is 1100. The zero-order chi connectivity index (χ0) is 22.7. The number of dihydropyridines is 1. The summed E-state index contributed by atoms with van der Waals surface area (Å²) in [6.07, 6.45) is 9.71. The highest BCUT2D eigenvalue weighted by atomic mass is 16.5. The first-order chi connectivity index (χ1) is 15.5. The van der Waals surface area contributed by atoms with Crippen molar-refractivity contribution in [3.63, 3.8) is 0 Å². The van der Waals surface area contributed by atoms with Crippen molar-refractivity contribution in [2.45, 2.75) is 19.9 Å². The van der Waals surface area contributed by atoms with E-state index in [9.17, 15) is 5.26 Å². The first-order valence-electron chi connectivity index (χ1n) is 10.9. The lowest BCUT2D eigenvalue weighted by Crippen LogP contribution is -2.47. The Kier molecular flexibility index (Phi) is 6.22. The third-order valence-electron chi connectivity index (χ3n) is 6.13. The van der Waals surface area contributed by atoms with Crippen molar-refractivity contribution in [2.24, 2.45) is 10.9 Å². The van der Waals surface area contributed by atoms with Gasteiger partial charge in [0.2, 0.25) is 5.88 Å². The predicted octanol–water partition coefficient (Wildman–Crippen LogP) is 3.54. The molecule has 32 heavy (non-hydrogen) atoms. The van der Waals surface area contributed by atoms with Crippen LogP contribution in [0, 0.1) is 22.7 Å². The van der Waals surface area contributed by atoms with Crippen LogP contribution in [0.1, 0.15) is 13.8 Å². The van der Waals surface area contributed by atoms with E-state index in [0.717, 1.165) is 43.1 Å². The Morgan fingerprint density at radius 2 is 2.00 bits per heavy atom. The van der Waals surface area contributed by atoms with Crippen molar-refractivity contribution in [3.05, 3.63) is 64.9 Å². The van der Waals surface area contributed by atoms with E-state index < -0.39 is 0 Å². The van der Waals surface area contributed by atoms with Crippen molar-refractivity contribution >= 4 is 17.7 Å². The molecule has 1 aliphatic carbocycles. The summed E-state index contributed by atoms with van der Waals surface area (Å²) >= 11 is 0. The van der Waals surface area contributed by atoms with Gasteiger partial charge in [-0.15, -0.1) is 0 Å². The molecule has 0 amide bonds. The van der Waals surface area contributed by atoms with Crippen molar-refractivity contribution in [1.82, 2.24) is 9.88 Å². The minimum absolute atomic E-state index is 0.0613. The molecule has 0 bridgehead atoms. The first-order valence-corrected chi connectivity index (χ1v) is 10.9. The second-order valence-corrected chi connectivity index (χ2v) is 8.20. The van der Waals surface area contributed by atoms with Gasteiger partial charge in [-0.3, -0.25) is 4.99 Å². The van der Waals surface area contributed by atoms with Crippen LogP contribution in [0.15, 0.2) is 69.9 Å². The number of anilines is 1. The van der Waals surface area contributed by atoms with E-state index in [1.165, 1.54) is 11.8 Å². The summed E-state index contributed by atoms with van der Waals surface area (Å²) in [5, 5.41) is 17.3. The molecule has 3 aliphatic rings. The molecule has 1 N–H and O–H groups in total. The molecular formula is C25H28N6O. The maximum absolute atomic E-state index is 9.19. The number of ether oxygens (including phenoxy) is 1. The Morgan fingerprint density at radius 3 is 2.69 bits per heavy atom. The lowest BCUT2D eigenvalue weighted by Gasteiger charge is -2.41. The number of nitrogens with zero attached hydrogens (tertiary/aromatic N) is 5. The summed E-state index contributed by atoms with van der Waals surface area (Å²) in [5.41, 5.74) is 4.34. The molecule has 0 radical (unpaired) electrons. The van der Waals surface area contributed by atoms with Gasteiger partial charge in [0, 0.05) is 73.0 Å². The summed E-state index contributed by atoms with van der Waals surface area (Å²) < 4.78 is 5.27. The van der Waals surface area contributed by atoms with Crippen molar-refractivity contribution in [2.75, 3.05) is 38.2 Å². The molecule has 1 saturated heterocycles. The highest BCUT2D eigenvalue weighted by Crippen LogP contribution is 2.36. The number of hydrogen-bond donors (Lipinski definition) is 1. The zero-order valence-electron chi connectivity index (χ0n) is 18.7. The van der Waals surface area contributed by atoms with Crippen LogP contribution in [-0.2, 0) is 0 Å². The monoisotopic (exact) mass is 428 g/mol. The van der Waals surface area contributed by atoms with E-state index in [0.29, 0.717) is 17.2 Å². The number of hydrogen-bond acceptors (Lipinski definition) is 7. The fourth-order valence-corrected chi connectivity index (χ4v) is 4.50. The van der Waals surface area contributed by atoms with Gasteiger partial charge in [0.05, 0.1) is 19.2 Å². The summed E-state index contributed by atoms with van der Waals surface area (Å²) in [6, 6.07) is 8.00. The summed E-state index contributed by atoms with van der Waals surface area (Å²) in [4.78, 5) is 14.0. The second kappa shape index (κ2) is 9.23. The lowest BCUT2D eigenvalue weighted by molar-refractivity contribution is 0.319. The largest absolute Gasteiger partial charge is 0.481 e. The number of fused-ring (bicyclic) bond motifs is 1. The normalized spacial score (nSPS) is 22.9. The summed E-state index contributed by atoms with van der Waals surface area (Å²) in [6.45, 7) is 7.35. The Hall–Kier alpha value is -3.66. The number of methoxy groups -OCH3 is 1. The number of aliphatic imine (C=N–C) groups is 1. The summed E-state index contributed by atoms with van der Waals surface area (Å²) in [5.74, 6) is 1.75. The number of allylic oxidation sites excluding steroid dienone is 5. The average Bonchev–Trinajstić information content (AvgIpc) is 2.82. The number of pyridine rings is 1. The highest BCUT2D eigenvalue weighted by Gasteiger charge is 2.32. The van der Waals surface area contributed by atoms with E-state index in [-0.39, 0.29) is 12.0 Å². The van der Waals surface area contributed by atoms with E-state index in [1.54, 1.807) is 14.0 Å². The number of rotatable bonds is 5. The van der Waals surface area contributed by atoms with Gasteiger partial charge in [0.25, 0.3) is 0 Å². The lowest BCUT2D eigenvalue weighted by atomic mass is 9.81. The Morgan fingerprint density at radius 1 is 1.25 bits per heavy atom. The summed E-state index contributed by atoms with van der Waals surface area (Å²) in [7, 11) is 1.64. The second-order valence-electron chi connectivity index (χ2n) is 8.20. The predicted molar refractivity (Wildman–Crippen MR) is 127 cm³/mol. The molecule has 0 aromatic carbocycles. The SMILES string of the molecule is COc1cccc(N2CCN(C3=CC=NC4C3=CC(/C(=C/C#N)C(C)=N)=CC4C)CC2)n1. The molecule has 3 heterocycles. The topological polar surface area (TPSA) is 88.6 Å². The third-order valence-corrected chi connectivity index (χ3v) is 6.13. The van der Waals surface area contributed by atoms with E-state index >= 15 is 0 Å². The molecular weight excluding hydrogens is 400 g/mol. The molecule has 4 rings (SSSR count). The minimum Gasteiger partial charge on any atom is -0.481 e. The van der Waals surface area contributed by atoms with Gasteiger partial charge in [-0.25, -0.2) is 0 Å².